The number of carboxylic acids is 1. The van der Waals surface area contributed by atoms with Crippen LogP contribution in [0.3, 0.4) is 0 Å². The number of nitrogens with one attached hydrogen (secondary N) is 1. The van der Waals surface area contributed by atoms with E-state index in [1.165, 1.54) is 18.3 Å². The standard InChI is InChI=1S/C14H15N3O4/c1-7(2)11-10(8(3)17-21-11)13(18)16-12-9(14(19)20)5-4-6-15-12/h4-7H,1-3H3,(H,19,20)(H,15,16,18). The Hall–Kier alpha value is -2.70. The van der Waals surface area contributed by atoms with Crippen molar-refractivity contribution in [3.63, 3.8) is 0 Å². The molecule has 2 N–H and O–H groups in total. The average Bonchev–Trinajstić information content (AvgIpc) is 2.81. The molecule has 0 spiro atoms. The summed E-state index contributed by atoms with van der Waals surface area (Å²) < 4.78 is 5.15. The second-order valence-electron chi connectivity index (χ2n) is 4.82. The predicted octanol–water partition coefficient (Wildman–Crippen LogP) is 2.45. The highest BCUT2D eigenvalue weighted by atomic mass is 16.5. The Bertz CT molecular complexity index is 691. The SMILES string of the molecule is Cc1noc(C(C)C)c1C(=O)Nc1ncccc1C(=O)O. The van der Waals surface area contributed by atoms with E-state index in [1.54, 1.807) is 6.92 Å². The van der Waals surface area contributed by atoms with E-state index in [0.717, 1.165) is 0 Å². The molecule has 7 heteroatoms. The molecule has 0 radical (unpaired) electrons. The number of carboxylic acid groups (broad SMARTS) is 1. The molecule has 21 heavy (non-hydrogen) atoms. The summed E-state index contributed by atoms with van der Waals surface area (Å²) in [6, 6.07) is 2.86. The lowest BCUT2D eigenvalue weighted by molar-refractivity contribution is 0.0697. The fourth-order valence-electron chi connectivity index (χ4n) is 1.91. The van der Waals surface area contributed by atoms with Crippen LogP contribution in [0.1, 0.15) is 51.9 Å². The quantitative estimate of drug-likeness (QED) is 0.895. The molecule has 0 aromatic carbocycles. The Morgan fingerprint density at radius 2 is 2.10 bits per heavy atom. The van der Waals surface area contributed by atoms with Crippen LogP contribution in [0.15, 0.2) is 22.9 Å². The molecular weight excluding hydrogens is 274 g/mol. The number of anilines is 1. The third-order valence-electron chi connectivity index (χ3n) is 2.91. The van der Waals surface area contributed by atoms with E-state index in [9.17, 15) is 9.59 Å². The van der Waals surface area contributed by atoms with Crippen LogP contribution in [0.5, 0.6) is 0 Å². The minimum absolute atomic E-state index is 0.00898. The van der Waals surface area contributed by atoms with Gasteiger partial charge in [-0.15, -0.1) is 0 Å². The van der Waals surface area contributed by atoms with Crippen molar-refractivity contribution in [3.05, 3.63) is 40.9 Å². The number of aromatic nitrogens is 2. The van der Waals surface area contributed by atoms with Crippen LogP contribution in [0, 0.1) is 6.92 Å². The number of pyridine rings is 1. The Kier molecular flexibility index (Phi) is 4.02. The second-order valence-corrected chi connectivity index (χ2v) is 4.82. The number of hydrogen-bond donors (Lipinski definition) is 2. The van der Waals surface area contributed by atoms with Gasteiger partial charge in [0, 0.05) is 12.1 Å². The van der Waals surface area contributed by atoms with Crippen LogP contribution in [0.2, 0.25) is 0 Å². The Morgan fingerprint density at radius 1 is 1.38 bits per heavy atom. The molecule has 0 fully saturated rings. The van der Waals surface area contributed by atoms with Crippen molar-refractivity contribution in [2.75, 3.05) is 5.32 Å². The molecule has 2 rings (SSSR count). The first-order valence-electron chi connectivity index (χ1n) is 6.37. The first kappa shape index (κ1) is 14.7. The van der Waals surface area contributed by atoms with Gasteiger partial charge in [-0.1, -0.05) is 19.0 Å². The lowest BCUT2D eigenvalue weighted by Gasteiger charge is -2.08. The number of carbonyl (C=O) groups excluding carboxylic acids is 1. The van der Waals surface area contributed by atoms with E-state index in [4.69, 9.17) is 9.63 Å². The highest BCUT2D eigenvalue weighted by Gasteiger charge is 2.24. The summed E-state index contributed by atoms with van der Waals surface area (Å²) in [7, 11) is 0. The van der Waals surface area contributed by atoms with E-state index in [-0.39, 0.29) is 17.3 Å². The topological polar surface area (TPSA) is 105 Å². The Morgan fingerprint density at radius 3 is 2.71 bits per heavy atom. The lowest BCUT2D eigenvalue weighted by atomic mass is 10.0. The van der Waals surface area contributed by atoms with Gasteiger partial charge >= 0.3 is 5.97 Å². The molecule has 2 heterocycles. The number of aryl methyl sites for hydroxylation is 1. The fourth-order valence-corrected chi connectivity index (χ4v) is 1.91. The summed E-state index contributed by atoms with van der Waals surface area (Å²) in [4.78, 5) is 27.4. The van der Waals surface area contributed by atoms with Gasteiger partial charge in [0.05, 0.1) is 5.69 Å². The van der Waals surface area contributed by atoms with Gasteiger partial charge in [-0.2, -0.15) is 0 Å². The third-order valence-corrected chi connectivity index (χ3v) is 2.91. The summed E-state index contributed by atoms with van der Waals surface area (Å²) in [5, 5.41) is 15.4. The Labute approximate surface area is 121 Å². The molecule has 0 bridgehead atoms. The van der Waals surface area contributed by atoms with Gasteiger partial charge in [-0.05, 0) is 19.1 Å². The molecule has 2 aromatic rings. The number of aromatic carboxylic acids is 1. The van der Waals surface area contributed by atoms with E-state index >= 15 is 0 Å². The molecule has 0 saturated heterocycles. The van der Waals surface area contributed by atoms with Crippen LogP contribution in [0.4, 0.5) is 5.82 Å². The van der Waals surface area contributed by atoms with Crippen molar-refractivity contribution in [2.45, 2.75) is 26.7 Å². The molecule has 0 unspecified atom stereocenters. The van der Waals surface area contributed by atoms with Gasteiger partial charge < -0.3 is 14.9 Å². The van der Waals surface area contributed by atoms with Crippen molar-refractivity contribution < 1.29 is 19.2 Å². The van der Waals surface area contributed by atoms with Gasteiger partial charge in [0.1, 0.15) is 16.9 Å². The molecule has 0 atom stereocenters. The maximum Gasteiger partial charge on any atom is 0.339 e. The predicted molar refractivity (Wildman–Crippen MR) is 74.5 cm³/mol. The minimum Gasteiger partial charge on any atom is -0.478 e. The largest absolute Gasteiger partial charge is 0.478 e. The highest BCUT2D eigenvalue weighted by molar-refractivity contribution is 6.08. The Balaban J connectivity index is 2.35. The zero-order valence-corrected chi connectivity index (χ0v) is 11.9. The summed E-state index contributed by atoms with van der Waals surface area (Å²) in [6.45, 7) is 5.40. The number of nitrogens with zero attached hydrogens (tertiary/aromatic N) is 2. The summed E-state index contributed by atoms with van der Waals surface area (Å²) in [5.41, 5.74) is 0.682. The van der Waals surface area contributed by atoms with Crippen LogP contribution < -0.4 is 5.32 Å². The first-order valence-corrected chi connectivity index (χ1v) is 6.37. The zero-order chi connectivity index (χ0) is 15.6. The molecule has 0 aliphatic carbocycles. The second kappa shape index (κ2) is 5.74. The van der Waals surface area contributed by atoms with Crippen molar-refractivity contribution in [3.8, 4) is 0 Å². The van der Waals surface area contributed by atoms with Gasteiger partial charge in [0.25, 0.3) is 5.91 Å². The number of amides is 1. The minimum atomic E-state index is -1.16. The average molecular weight is 289 g/mol. The lowest BCUT2D eigenvalue weighted by Crippen LogP contribution is -2.18. The third kappa shape index (κ3) is 2.91. The van der Waals surface area contributed by atoms with Crippen LogP contribution in [-0.2, 0) is 0 Å². The molecule has 0 aliphatic heterocycles. The van der Waals surface area contributed by atoms with Crippen molar-refractivity contribution in [2.24, 2.45) is 0 Å². The molecule has 0 aliphatic rings. The van der Waals surface area contributed by atoms with Crippen molar-refractivity contribution >= 4 is 17.7 Å². The number of carbonyl (C=O) groups is 2. The highest BCUT2D eigenvalue weighted by Crippen LogP contribution is 2.23. The first-order chi connectivity index (χ1) is 9.91. The van der Waals surface area contributed by atoms with E-state index in [0.29, 0.717) is 17.0 Å². The summed E-state index contributed by atoms with van der Waals surface area (Å²) in [6.07, 6.45) is 1.41. The zero-order valence-electron chi connectivity index (χ0n) is 11.9. The van der Waals surface area contributed by atoms with E-state index in [1.807, 2.05) is 13.8 Å². The molecule has 0 saturated carbocycles. The van der Waals surface area contributed by atoms with Crippen LogP contribution in [0.25, 0.3) is 0 Å². The maximum absolute atomic E-state index is 12.4. The van der Waals surface area contributed by atoms with E-state index in [2.05, 4.69) is 15.5 Å². The van der Waals surface area contributed by atoms with Crippen molar-refractivity contribution in [1.82, 2.24) is 10.1 Å². The normalized spacial score (nSPS) is 10.7. The molecular formula is C14H15N3O4. The molecule has 110 valence electrons. The van der Waals surface area contributed by atoms with Crippen LogP contribution in [-0.4, -0.2) is 27.1 Å². The van der Waals surface area contributed by atoms with Gasteiger partial charge in [0.2, 0.25) is 0 Å². The maximum atomic E-state index is 12.4. The van der Waals surface area contributed by atoms with Gasteiger partial charge in [-0.3, -0.25) is 4.79 Å². The molecule has 1 amide bonds. The summed E-state index contributed by atoms with van der Waals surface area (Å²) in [5.74, 6) is -1.22. The summed E-state index contributed by atoms with van der Waals surface area (Å²) >= 11 is 0. The van der Waals surface area contributed by atoms with Gasteiger partial charge in [0.15, 0.2) is 5.76 Å². The molecule has 2 aromatic heterocycles. The van der Waals surface area contributed by atoms with E-state index < -0.39 is 11.9 Å². The monoisotopic (exact) mass is 289 g/mol. The molecule has 7 nitrogen and oxygen atoms in total. The smallest absolute Gasteiger partial charge is 0.339 e. The van der Waals surface area contributed by atoms with Gasteiger partial charge in [-0.25, -0.2) is 9.78 Å². The number of rotatable bonds is 4. The number of hydrogen-bond acceptors (Lipinski definition) is 5. The van der Waals surface area contributed by atoms with Crippen molar-refractivity contribution in [1.29, 1.82) is 0 Å². The van der Waals surface area contributed by atoms with Crippen LogP contribution >= 0.6 is 0 Å². The fraction of sp³-hybridized carbons (Fsp3) is 0.286.